The first-order chi connectivity index (χ1) is 8.18. The summed E-state index contributed by atoms with van der Waals surface area (Å²) in [5.41, 5.74) is 0.617. The van der Waals surface area contributed by atoms with Gasteiger partial charge in [0.15, 0.2) is 0 Å². The van der Waals surface area contributed by atoms with E-state index in [0.29, 0.717) is 0 Å². The van der Waals surface area contributed by atoms with Gasteiger partial charge in [-0.2, -0.15) is 0 Å². The molecule has 2 N–H and O–H groups in total. The van der Waals surface area contributed by atoms with Crippen molar-refractivity contribution in [3.8, 4) is 0 Å². The molecule has 1 fully saturated rings. The molecule has 0 radical (unpaired) electrons. The highest BCUT2D eigenvalue weighted by atomic mass is 35.5. The lowest BCUT2D eigenvalue weighted by Crippen LogP contribution is -2.54. The number of halogens is 1. The lowest BCUT2D eigenvalue weighted by molar-refractivity contribution is 0.0312. The van der Waals surface area contributed by atoms with Gasteiger partial charge in [0.05, 0.1) is 12.1 Å². The van der Waals surface area contributed by atoms with Crippen molar-refractivity contribution in [1.82, 2.24) is 10.2 Å². The summed E-state index contributed by atoms with van der Waals surface area (Å²) >= 11 is 6.25. The number of rotatable bonds is 3. The molecule has 0 aliphatic carbocycles. The van der Waals surface area contributed by atoms with Crippen LogP contribution < -0.4 is 5.32 Å². The van der Waals surface area contributed by atoms with Gasteiger partial charge in [0.2, 0.25) is 0 Å². The molecule has 1 saturated heterocycles. The fraction of sp³-hybridized carbons (Fsp3) is 0.538. The van der Waals surface area contributed by atoms with Crippen LogP contribution >= 0.6 is 11.6 Å². The number of aliphatic hydroxyl groups is 1. The number of aliphatic hydroxyl groups excluding tert-OH is 1. The van der Waals surface area contributed by atoms with Crippen molar-refractivity contribution in [2.24, 2.45) is 0 Å². The standard InChI is InChI=1S/C13H19ClN2O/c1-13(10-17,16-8-6-15-7-9-16)11-4-2-3-5-12(11)14/h2-5,15,17H,6-10H2,1H3. The summed E-state index contributed by atoms with van der Waals surface area (Å²) in [6.07, 6.45) is 0. The van der Waals surface area contributed by atoms with Gasteiger partial charge < -0.3 is 10.4 Å². The summed E-state index contributed by atoms with van der Waals surface area (Å²) in [4.78, 5) is 2.30. The number of benzene rings is 1. The van der Waals surface area contributed by atoms with Crippen LogP contribution in [0.4, 0.5) is 0 Å². The molecule has 4 heteroatoms. The second kappa shape index (κ2) is 5.36. The van der Waals surface area contributed by atoms with E-state index >= 15 is 0 Å². The number of nitrogens with zero attached hydrogens (tertiary/aromatic N) is 1. The lowest BCUT2D eigenvalue weighted by atomic mass is 9.90. The van der Waals surface area contributed by atoms with Gasteiger partial charge in [0.1, 0.15) is 0 Å². The Bertz CT molecular complexity index is 379. The molecule has 0 aromatic heterocycles. The maximum absolute atomic E-state index is 9.79. The van der Waals surface area contributed by atoms with Crippen molar-refractivity contribution in [2.45, 2.75) is 12.5 Å². The average molecular weight is 255 g/mol. The molecular weight excluding hydrogens is 236 g/mol. The molecule has 1 aliphatic heterocycles. The minimum absolute atomic E-state index is 0.0801. The molecule has 1 aliphatic rings. The second-order valence-electron chi connectivity index (χ2n) is 4.65. The van der Waals surface area contributed by atoms with E-state index in [0.717, 1.165) is 36.8 Å². The Morgan fingerprint density at radius 1 is 1.35 bits per heavy atom. The molecule has 3 nitrogen and oxygen atoms in total. The molecule has 0 bridgehead atoms. The Balaban J connectivity index is 2.32. The average Bonchev–Trinajstić information content (AvgIpc) is 2.39. The monoisotopic (exact) mass is 254 g/mol. The van der Waals surface area contributed by atoms with Crippen LogP contribution in [0.15, 0.2) is 24.3 Å². The second-order valence-corrected chi connectivity index (χ2v) is 5.06. The Kier molecular flexibility index (Phi) is 4.05. The highest BCUT2D eigenvalue weighted by molar-refractivity contribution is 6.31. The number of hydrogen-bond acceptors (Lipinski definition) is 3. The maximum atomic E-state index is 9.79. The van der Waals surface area contributed by atoms with E-state index in [2.05, 4.69) is 17.1 Å². The molecule has 0 spiro atoms. The van der Waals surface area contributed by atoms with Gasteiger partial charge in [-0.1, -0.05) is 29.8 Å². The van der Waals surface area contributed by atoms with Gasteiger partial charge in [-0.25, -0.2) is 0 Å². The first-order valence-electron chi connectivity index (χ1n) is 6.00. The summed E-state index contributed by atoms with van der Waals surface area (Å²) in [6, 6.07) is 7.77. The number of nitrogens with one attached hydrogen (secondary N) is 1. The van der Waals surface area contributed by atoms with Crippen LogP contribution in [0.3, 0.4) is 0 Å². The summed E-state index contributed by atoms with van der Waals surface area (Å²) in [6.45, 7) is 5.92. The third-order valence-electron chi connectivity index (χ3n) is 3.58. The molecule has 1 atom stereocenters. The van der Waals surface area contributed by atoms with Gasteiger partial charge in [-0.3, -0.25) is 4.90 Å². The van der Waals surface area contributed by atoms with Crippen LogP contribution in [0.5, 0.6) is 0 Å². The Hall–Kier alpha value is -0.610. The topological polar surface area (TPSA) is 35.5 Å². The zero-order valence-corrected chi connectivity index (χ0v) is 10.9. The van der Waals surface area contributed by atoms with E-state index in [1.165, 1.54) is 0 Å². The molecule has 94 valence electrons. The lowest BCUT2D eigenvalue weighted by Gasteiger charge is -2.43. The maximum Gasteiger partial charge on any atom is 0.0680 e. The Labute approximate surface area is 107 Å². The van der Waals surface area contributed by atoms with Crippen LogP contribution in [0.1, 0.15) is 12.5 Å². The summed E-state index contributed by atoms with van der Waals surface area (Å²) in [5, 5.41) is 13.8. The predicted molar refractivity (Wildman–Crippen MR) is 70.3 cm³/mol. The Morgan fingerprint density at radius 3 is 2.59 bits per heavy atom. The highest BCUT2D eigenvalue weighted by Gasteiger charge is 2.35. The van der Waals surface area contributed by atoms with Gasteiger partial charge in [0.25, 0.3) is 0 Å². The van der Waals surface area contributed by atoms with Gasteiger partial charge in [-0.15, -0.1) is 0 Å². The third kappa shape index (κ3) is 2.47. The van der Waals surface area contributed by atoms with Crippen LogP contribution in [0.25, 0.3) is 0 Å². The number of hydrogen-bond donors (Lipinski definition) is 2. The minimum atomic E-state index is -0.388. The third-order valence-corrected chi connectivity index (χ3v) is 3.91. The van der Waals surface area contributed by atoms with Gasteiger partial charge >= 0.3 is 0 Å². The van der Waals surface area contributed by atoms with Crippen LogP contribution in [0.2, 0.25) is 5.02 Å². The van der Waals surface area contributed by atoms with Crippen molar-refractivity contribution >= 4 is 11.6 Å². The first kappa shape index (κ1) is 12.8. The molecule has 2 rings (SSSR count). The largest absolute Gasteiger partial charge is 0.394 e. The van der Waals surface area contributed by atoms with E-state index < -0.39 is 0 Å². The van der Waals surface area contributed by atoms with Crippen molar-refractivity contribution < 1.29 is 5.11 Å². The molecule has 1 aromatic rings. The zero-order valence-electron chi connectivity index (χ0n) is 10.1. The molecule has 0 amide bonds. The van der Waals surface area contributed by atoms with Crippen molar-refractivity contribution in [3.05, 3.63) is 34.9 Å². The first-order valence-corrected chi connectivity index (χ1v) is 6.38. The predicted octanol–water partition coefficient (Wildman–Crippen LogP) is 1.45. The van der Waals surface area contributed by atoms with Crippen molar-refractivity contribution in [2.75, 3.05) is 32.8 Å². The van der Waals surface area contributed by atoms with Crippen LogP contribution in [-0.2, 0) is 5.54 Å². The SMILES string of the molecule is CC(CO)(c1ccccc1Cl)N1CCNCC1. The molecule has 17 heavy (non-hydrogen) atoms. The highest BCUT2D eigenvalue weighted by Crippen LogP contribution is 2.33. The van der Waals surface area contributed by atoms with Gasteiger partial charge in [-0.05, 0) is 18.6 Å². The molecule has 1 heterocycles. The summed E-state index contributed by atoms with van der Waals surface area (Å²) in [7, 11) is 0. The fourth-order valence-corrected chi connectivity index (χ4v) is 2.75. The molecular formula is C13H19ClN2O. The molecule has 1 aromatic carbocycles. The van der Waals surface area contributed by atoms with Crippen LogP contribution in [-0.4, -0.2) is 42.8 Å². The van der Waals surface area contributed by atoms with Crippen LogP contribution in [0, 0.1) is 0 Å². The smallest absolute Gasteiger partial charge is 0.0680 e. The molecule has 1 unspecified atom stereocenters. The van der Waals surface area contributed by atoms with Crippen molar-refractivity contribution in [3.63, 3.8) is 0 Å². The van der Waals surface area contributed by atoms with E-state index in [1.54, 1.807) is 0 Å². The molecule has 0 saturated carbocycles. The Morgan fingerprint density at radius 2 is 2.00 bits per heavy atom. The van der Waals surface area contributed by atoms with E-state index in [4.69, 9.17) is 11.6 Å². The fourth-order valence-electron chi connectivity index (χ4n) is 2.41. The van der Waals surface area contributed by atoms with Gasteiger partial charge in [0, 0.05) is 31.2 Å². The zero-order chi connectivity index (χ0) is 12.3. The quantitative estimate of drug-likeness (QED) is 0.857. The van der Waals surface area contributed by atoms with Crippen molar-refractivity contribution in [1.29, 1.82) is 0 Å². The normalized spacial score (nSPS) is 21.1. The minimum Gasteiger partial charge on any atom is -0.394 e. The van der Waals surface area contributed by atoms with E-state index in [-0.39, 0.29) is 12.1 Å². The summed E-state index contributed by atoms with van der Waals surface area (Å²) in [5.74, 6) is 0. The summed E-state index contributed by atoms with van der Waals surface area (Å²) < 4.78 is 0. The van der Waals surface area contributed by atoms with E-state index in [1.807, 2.05) is 24.3 Å². The number of piperazine rings is 1. The van der Waals surface area contributed by atoms with E-state index in [9.17, 15) is 5.11 Å².